The van der Waals surface area contributed by atoms with E-state index in [1.165, 1.54) is 0 Å². The van der Waals surface area contributed by atoms with Gasteiger partial charge in [0.15, 0.2) is 8.32 Å². The van der Waals surface area contributed by atoms with Gasteiger partial charge in [-0.1, -0.05) is 20.8 Å². The van der Waals surface area contributed by atoms with E-state index in [1.54, 1.807) is 4.90 Å². The van der Waals surface area contributed by atoms with Crippen LogP contribution in [0.4, 0.5) is 4.79 Å². The second-order valence-electron chi connectivity index (χ2n) is 11.0. The Kier molecular flexibility index (Phi) is 5.08. The fourth-order valence-corrected chi connectivity index (χ4v) is 5.65. The average molecular weight is 438 g/mol. The van der Waals surface area contributed by atoms with E-state index in [1.807, 2.05) is 14.1 Å². The molecule has 1 saturated carbocycles. The number of fused-ring (bicyclic) bond motifs is 3. The molecule has 30 heavy (non-hydrogen) atoms. The maximum Gasteiger partial charge on any atom is 0.344 e. The Balaban J connectivity index is 1.59. The van der Waals surface area contributed by atoms with Gasteiger partial charge in [0.2, 0.25) is 11.8 Å². The molecule has 3 aliphatic rings. The lowest BCUT2D eigenvalue weighted by Gasteiger charge is -2.39. The lowest BCUT2D eigenvalue weighted by atomic mass is 9.85. The van der Waals surface area contributed by atoms with Gasteiger partial charge >= 0.3 is 6.03 Å². The summed E-state index contributed by atoms with van der Waals surface area (Å²) in [5.41, 5.74) is -0.0165. The predicted octanol–water partition coefficient (Wildman–Crippen LogP) is 3.41. The molecule has 2 bridgehead atoms. The average Bonchev–Trinajstić information content (AvgIpc) is 3.11. The summed E-state index contributed by atoms with van der Waals surface area (Å²) >= 11 is 0. The normalized spacial score (nSPS) is 26.8. The number of amides is 2. The molecule has 1 aromatic heterocycles. The Labute approximate surface area is 179 Å². The molecule has 1 spiro atoms. The van der Waals surface area contributed by atoms with E-state index < -0.39 is 8.32 Å². The van der Waals surface area contributed by atoms with Crippen molar-refractivity contribution in [3.8, 4) is 0 Å². The first-order valence-electron chi connectivity index (χ1n) is 10.8. The van der Waals surface area contributed by atoms with Crippen molar-refractivity contribution in [1.29, 1.82) is 0 Å². The number of hydrogen-bond donors (Lipinski definition) is 1. The molecular weight excluding hydrogens is 402 g/mol. The zero-order chi connectivity index (χ0) is 22.1. The first kappa shape index (κ1) is 21.7. The Morgan fingerprint density at radius 3 is 2.57 bits per heavy atom. The van der Waals surface area contributed by atoms with Crippen LogP contribution in [-0.2, 0) is 4.43 Å². The van der Waals surface area contributed by atoms with Crippen molar-refractivity contribution < 1.29 is 18.8 Å². The monoisotopic (exact) mass is 437 g/mol. The smallest absolute Gasteiger partial charge is 0.344 e. The third kappa shape index (κ3) is 3.57. The number of hydrogen-bond acceptors (Lipinski definition) is 7. The number of carbonyl (C=O) groups excluding carboxylic acids is 1. The Bertz CT molecular complexity index is 816. The summed E-state index contributed by atoms with van der Waals surface area (Å²) in [4.78, 5) is 16.3. The topological polar surface area (TPSA) is 95.2 Å². The SMILES string of the molecule is CN(C)C[C@H](O[Si](C)(C)C(C)(C)C)c1nnc([C@@H]2CC3(CC3)[C@@H]3CN2C(=O)N3O)o1. The lowest BCUT2D eigenvalue weighted by Crippen LogP contribution is -2.43. The van der Waals surface area contributed by atoms with Gasteiger partial charge in [-0.3, -0.25) is 5.21 Å². The van der Waals surface area contributed by atoms with Crippen LogP contribution in [0.2, 0.25) is 18.1 Å². The molecule has 4 rings (SSSR count). The minimum Gasteiger partial charge on any atom is -0.420 e. The number of likely N-dealkylation sites (N-methyl/N-ethyl adjacent to an activating group) is 1. The number of piperidine rings is 1. The van der Waals surface area contributed by atoms with Gasteiger partial charge in [0.05, 0.1) is 6.04 Å². The molecule has 2 aliphatic heterocycles. The van der Waals surface area contributed by atoms with Crippen LogP contribution in [0, 0.1) is 5.41 Å². The largest absolute Gasteiger partial charge is 0.420 e. The first-order chi connectivity index (χ1) is 13.8. The van der Waals surface area contributed by atoms with E-state index in [9.17, 15) is 10.0 Å². The molecule has 1 aromatic rings. The maximum atomic E-state index is 12.6. The minimum atomic E-state index is -2.05. The van der Waals surface area contributed by atoms with Crippen molar-refractivity contribution in [3.05, 3.63) is 11.8 Å². The molecule has 2 saturated heterocycles. The quantitative estimate of drug-likeness (QED) is 0.538. The van der Waals surface area contributed by atoms with Gasteiger partial charge in [0, 0.05) is 13.1 Å². The lowest BCUT2D eigenvalue weighted by molar-refractivity contribution is -0.0783. The maximum absolute atomic E-state index is 12.6. The summed E-state index contributed by atoms with van der Waals surface area (Å²) in [6.45, 7) is 12.2. The molecule has 0 radical (unpaired) electrons. The zero-order valence-corrected chi connectivity index (χ0v) is 20.2. The van der Waals surface area contributed by atoms with Crippen molar-refractivity contribution in [3.63, 3.8) is 0 Å². The number of carbonyl (C=O) groups is 1. The summed E-state index contributed by atoms with van der Waals surface area (Å²) in [7, 11) is 1.94. The Morgan fingerprint density at radius 2 is 2.00 bits per heavy atom. The number of aromatic nitrogens is 2. The van der Waals surface area contributed by atoms with E-state index >= 15 is 0 Å². The Hall–Kier alpha value is -1.49. The van der Waals surface area contributed by atoms with Crippen LogP contribution in [0.5, 0.6) is 0 Å². The molecule has 0 unspecified atom stereocenters. The van der Waals surface area contributed by atoms with Crippen LogP contribution in [0.25, 0.3) is 0 Å². The highest BCUT2D eigenvalue weighted by molar-refractivity contribution is 6.74. The molecule has 3 fully saturated rings. The van der Waals surface area contributed by atoms with E-state index in [4.69, 9.17) is 8.84 Å². The van der Waals surface area contributed by atoms with Crippen LogP contribution in [-0.4, -0.2) is 77.8 Å². The molecule has 168 valence electrons. The van der Waals surface area contributed by atoms with Crippen molar-refractivity contribution in [2.24, 2.45) is 5.41 Å². The number of hydroxylamine groups is 2. The summed E-state index contributed by atoms with van der Waals surface area (Å²) < 4.78 is 12.8. The van der Waals surface area contributed by atoms with E-state index in [2.05, 4.69) is 49.0 Å². The number of nitrogens with zero attached hydrogens (tertiary/aromatic N) is 5. The molecule has 3 heterocycles. The van der Waals surface area contributed by atoms with Crippen LogP contribution < -0.4 is 0 Å². The highest BCUT2D eigenvalue weighted by atomic mass is 28.4. The molecule has 9 nitrogen and oxygen atoms in total. The van der Waals surface area contributed by atoms with E-state index in [0.29, 0.717) is 24.9 Å². The van der Waals surface area contributed by atoms with Crippen LogP contribution >= 0.6 is 0 Å². The Morgan fingerprint density at radius 1 is 1.33 bits per heavy atom. The van der Waals surface area contributed by atoms with E-state index in [-0.39, 0.29) is 34.7 Å². The summed E-state index contributed by atoms with van der Waals surface area (Å²) in [6, 6.07) is -0.773. The number of rotatable bonds is 6. The molecule has 1 N–H and O–H groups in total. The zero-order valence-electron chi connectivity index (χ0n) is 19.2. The summed E-state index contributed by atoms with van der Waals surface area (Å²) in [6.07, 6.45) is 2.47. The molecule has 10 heteroatoms. The predicted molar refractivity (Wildman–Crippen MR) is 112 cm³/mol. The van der Waals surface area contributed by atoms with Crippen molar-refractivity contribution in [2.75, 3.05) is 27.2 Å². The van der Waals surface area contributed by atoms with Gasteiger partial charge in [0.25, 0.3) is 0 Å². The van der Waals surface area contributed by atoms with Gasteiger partial charge in [-0.2, -0.15) is 0 Å². The molecule has 0 aromatic carbocycles. The fraction of sp³-hybridized carbons (Fsp3) is 0.850. The minimum absolute atomic E-state index is 0.0165. The highest BCUT2D eigenvalue weighted by Crippen LogP contribution is 2.61. The fourth-order valence-electron chi connectivity index (χ4n) is 4.41. The second-order valence-corrected chi connectivity index (χ2v) is 15.7. The summed E-state index contributed by atoms with van der Waals surface area (Å²) in [5.74, 6) is 0.906. The van der Waals surface area contributed by atoms with Crippen LogP contribution in [0.1, 0.15) is 64.0 Å². The van der Waals surface area contributed by atoms with Crippen molar-refractivity contribution in [1.82, 2.24) is 25.1 Å². The molecule has 2 amide bonds. The van der Waals surface area contributed by atoms with Gasteiger partial charge in [-0.05, 0) is 56.9 Å². The van der Waals surface area contributed by atoms with Crippen molar-refractivity contribution in [2.45, 2.75) is 76.4 Å². The van der Waals surface area contributed by atoms with Gasteiger partial charge in [-0.25, -0.2) is 9.86 Å². The third-order valence-electron chi connectivity index (χ3n) is 7.47. The summed E-state index contributed by atoms with van der Waals surface area (Å²) in [5, 5.41) is 19.9. The highest BCUT2D eigenvalue weighted by Gasteiger charge is 2.63. The standard InChI is InChI=1S/C20H35N5O4Si/c1-19(2,3)30(6,7)29-14(11-23(4)5)17-22-21-16(28-17)13-10-20(8-9-20)15-12-24(13)18(26)25(15)27/h13-15,27H,8-12H2,1-7H3/t13-,14-,15-/m0/s1. The van der Waals surface area contributed by atoms with Crippen molar-refractivity contribution >= 4 is 14.3 Å². The van der Waals surface area contributed by atoms with Crippen LogP contribution in [0.15, 0.2) is 4.42 Å². The molecule has 1 aliphatic carbocycles. The van der Waals surface area contributed by atoms with Crippen LogP contribution in [0.3, 0.4) is 0 Å². The number of urea groups is 1. The first-order valence-corrected chi connectivity index (χ1v) is 13.7. The van der Waals surface area contributed by atoms with Gasteiger partial charge in [0.1, 0.15) is 12.1 Å². The van der Waals surface area contributed by atoms with Gasteiger partial charge < -0.3 is 18.6 Å². The van der Waals surface area contributed by atoms with Gasteiger partial charge in [-0.15, -0.1) is 10.2 Å². The second kappa shape index (κ2) is 7.01. The third-order valence-corrected chi connectivity index (χ3v) is 12.0. The molecule has 3 atom stereocenters. The van der Waals surface area contributed by atoms with E-state index in [0.717, 1.165) is 24.3 Å². The molecular formula is C20H35N5O4Si.